The second-order valence-electron chi connectivity index (χ2n) is 5.24. The second-order valence-corrected chi connectivity index (χ2v) is 5.24. The minimum absolute atomic E-state index is 0.0127. The predicted octanol–water partition coefficient (Wildman–Crippen LogP) is 1.37. The van der Waals surface area contributed by atoms with Crippen molar-refractivity contribution in [3.8, 4) is 0 Å². The molecule has 5 heteroatoms. The van der Waals surface area contributed by atoms with Crippen LogP contribution in [-0.2, 0) is 4.74 Å². The van der Waals surface area contributed by atoms with Gasteiger partial charge in [-0.25, -0.2) is 4.98 Å². The highest BCUT2D eigenvalue weighted by molar-refractivity contribution is 5.73. The summed E-state index contributed by atoms with van der Waals surface area (Å²) in [6.07, 6.45) is 0. The number of hydrogen-bond acceptors (Lipinski definition) is 5. The summed E-state index contributed by atoms with van der Waals surface area (Å²) in [6, 6.07) is 6.29. The topological polar surface area (TPSA) is 73.3 Å². The van der Waals surface area contributed by atoms with Gasteiger partial charge in [0.1, 0.15) is 5.52 Å². The first-order chi connectivity index (χ1) is 9.18. The average molecular weight is 261 g/mol. The summed E-state index contributed by atoms with van der Waals surface area (Å²) in [5.41, 5.74) is 8.82. The van der Waals surface area contributed by atoms with Crippen LogP contribution in [0.3, 0.4) is 0 Å². The molecule has 1 aliphatic rings. The molecule has 0 saturated carbocycles. The van der Waals surface area contributed by atoms with Gasteiger partial charge in [0.15, 0.2) is 11.5 Å². The van der Waals surface area contributed by atoms with Gasteiger partial charge in [-0.1, -0.05) is 6.07 Å². The molecular weight excluding hydrogens is 242 g/mol. The van der Waals surface area contributed by atoms with Crippen molar-refractivity contribution in [3.63, 3.8) is 0 Å². The molecule has 0 radical (unpaired) electrons. The van der Waals surface area contributed by atoms with Gasteiger partial charge in [0.05, 0.1) is 13.2 Å². The minimum Gasteiger partial charge on any atom is -0.441 e. The van der Waals surface area contributed by atoms with Gasteiger partial charge in [0, 0.05) is 24.9 Å². The standard InChI is InChI=1S/C14H19N3O2/c1-9-17-11-5-10(3-4-12(11)19-9)13(16-2)14(6-15)7-18-8-14/h3-5,13,16H,6-8,15H2,1-2H3. The Bertz CT molecular complexity index is 584. The Hall–Kier alpha value is -1.43. The van der Waals surface area contributed by atoms with Gasteiger partial charge in [-0.2, -0.15) is 0 Å². The molecule has 19 heavy (non-hydrogen) atoms. The third kappa shape index (κ3) is 1.94. The maximum absolute atomic E-state index is 5.95. The Morgan fingerprint density at radius 2 is 2.26 bits per heavy atom. The Kier molecular flexibility index (Phi) is 3.05. The molecule has 0 bridgehead atoms. The highest BCUT2D eigenvalue weighted by atomic mass is 16.5. The van der Waals surface area contributed by atoms with Crippen molar-refractivity contribution in [1.82, 2.24) is 10.3 Å². The van der Waals surface area contributed by atoms with Gasteiger partial charge in [-0.05, 0) is 24.7 Å². The van der Waals surface area contributed by atoms with Crippen molar-refractivity contribution in [1.29, 1.82) is 0 Å². The van der Waals surface area contributed by atoms with Crippen molar-refractivity contribution in [2.75, 3.05) is 26.8 Å². The number of fused-ring (bicyclic) bond motifs is 1. The molecule has 0 spiro atoms. The summed E-state index contributed by atoms with van der Waals surface area (Å²) < 4.78 is 10.9. The van der Waals surface area contributed by atoms with E-state index in [0.29, 0.717) is 25.6 Å². The first-order valence-electron chi connectivity index (χ1n) is 6.51. The smallest absolute Gasteiger partial charge is 0.192 e. The molecule has 0 amide bonds. The van der Waals surface area contributed by atoms with E-state index in [9.17, 15) is 0 Å². The molecule has 1 aromatic heterocycles. The largest absolute Gasteiger partial charge is 0.441 e. The van der Waals surface area contributed by atoms with Crippen LogP contribution in [0.5, 0.6) is 0 Å². The second kappa shape index (κ2) is 4.59. The highest BCUT2D eigenvalue weighted by Crippen LogP contribution is 2.40. The lowest BCUT2D eigenvalue weighted by molar-refractivity contribution is -0.126. The molecule has 1 unspecified atom stereocenters. The molecular formula is C14H19N3O2. The zero-order valence-electron chi connectivity index (χ0n) is 11.3. The SMILES string of the molecule is CNC(c1ccc2oc(C)nc2c1)C1(CN)COC1. The van der Waals surface area contributed by atoms with E-state index in [1.54, 1.807) is 0 Å². The lowest BCUT2D eigenvalue weighted by Crippen LogP contribution is -2.55. The molecule has 2 aromatic rings. The monoisotopic (exact) mass is 261 g/mol. The van der Waals surface area contributed by atoms with Crippen LogP contribution in [0.4, 0.5) is 0 Å². The van der Waals surface area contributed by atoms with Crippen LogP contribution < -0.4 is 11.1 Å². The van der Waals surface area contributed by atoms with Gasteiger partial charge < -0.3 is 20.2 Å². The van der Waals surface area contributed by atoms with E-state index in [4.69, 9.17) is 14.9 Å². The van der Waals surface area contributed by atoms with E-state index in [0.717, 1.165) is 11.1 Å². The van der Waals surface area contributed by atoms with Gasteiger partial charge in [0.2, 0.25) is 0 Å². The van der Waals surface area contributed by atoms with E-state index in [1.807, 2.05) is 20.0 Å². The number of aromatic nitrogens is 1. The average Bonchev–Trinajstić information content (AvgIpc) is 2.72. The number of aryl methyl sites for hydroxylation is 1. The van der Waals surface area contributed by atoms with Crippen LogP contribution in [0.25, 0.3) is 11.1 Å². The third-order valence-electron chi connectivity index (χ3n) is 3.94. The van der Waals surface area contributed by atoms with Gasteiger partial charge in [-0.3, -0.25) is 0 Å². The van der Waals surface area contributed by atoms with Crippen LogP contribution in [-0.4, -0.2) is 31.8 Å². The van der Waals surface area contributed by atoms with Crippen LogP contribution in [0, 0.1) is 12.3 Å². The number of nitrogens with two attached hydrogens (primary N) is 1. The highest BCUT2D eigenvalue weighted by Gasteiger charge is 2.44. The molecule has 5 nitrogen and oxygen atoms in total. The van der Waals surface area contributed by atoms with Crippen molar-refractivity contribution < 1.29 is 9.15 Å². The first kappa shape index (κ1) is 12.6. The fraction of sp³-hybridized carbons (Fsp3) is 0.500. The Labute approximate surface area is 112 Å². The predicted molar refractivity (Wildman–Crippen MR) is 72.9 cm³/mol. The lowest BCUT2D eigenvalue weighted by Gasteiger charge is -2.46. The van der Waals surface area contributed by atoms with Crippen LogP contribution in [0.2, 0.25) is 0 Å². The van der Waals surface area contributed by atoms with Crippen LogP contribution >= 0.6 is 0 Å². The number of oxazole rings is 1. The first-order valence-corrected chi connectivity index (χ1v) is 6.51. The zero-order valence-corrected chi connectivity index (χ0v) is 11.3. The summed E-state index contributed by atoms with van der Waals surface area (Å²) in [7, 11) is 1.96. The van der Waals surface area contributed by atoms with E-state index >= 15 is 0 Å². The number of hydrogen-bond donors (Lipinski definition) is 2. The number of nitrogens with one attached hydrogen (secondary N) is 1. The molecule has 0 aliphatic carbocycles. The lowest BCUT2D eigenvalue weighted by atomic mass is 9.75. The molecule has 3 rings (SSSR count). The molecule has 102 valence electrons. The summed E-state index contributed by atoms with van der Waals surface area (Å²) in [5.74, 6) is 0.689. The molecule has 1 aliphatic heterocycles. The number of nitrogens with zero attached hydrogens (tertiary/aromatic N) is 1. The third-order valence-corrected chi connectivity index (χ3v) is 3.94. The fourth-order valence-electron chi connectivity index (χ4n) is 2.83. The van der Waals surface area contributed by atoms with E-state index in [2.05, 4.69) is 22.4 Å². The zero-order chi connectivity index (χ0) is 13.5. The Morgan fingerprint density at radius 1 is 1.47 bits per heavy atom. The Balaban J connectivity index is 2.01. The summed E-state index contributed by atoms with van der Waals surface area (Å²) in [6.45, 7) is 3.86. The molecule has 1 fully saturated rings. The molecule has 1 atom stereocenters. The van der Waals surface area contributed by atoms with E-state index in [-0.39, 0.29) is 11.5 Å². The van der Waals surface area contributed by atoms with Crippen molar-refractivity contribution >= 4 is 11.1 Å². The minimum atomic E-state index is -0.0127. The fourth-order valence-corrected chi connectivity index (χ4v) is 2.83. The number of benzene rings is 1. The van der Waals surface area contributed by atoms with Crippen LogP contribution in [0.15, 0.2) is 22.6 Å². The number of rotatable bonds is 4. The quantitative estimate of drug-likeness (QED) is 0.869. The van der Waals surface area contributed by atoms with E-state index in [1.165, 1.54) is 5.56 Å². The summed E-state index contributed by atoms with van der Waals surface area (Å²) in [5, 5.41) is 3.37. The van der Waals surface area contributed by atoms with Crippen LogP contribution in [0.1, 0.15) is 17.5 Å². The van der Waals surface area contributed by atoms with Gasteiger partial charge in [0.25, 0.3) is 0 Å². The molecule has 2 heterocycles. The van der Waals surface area contributed by atoms with Crippen molar-refractivity contribution in [2.45, 2.75) is 13.0 Å². The van der Waals surface area contributed by atoms with Crippen molar-refractivity contribution in [2.24, 2.45) is 11.1 Å². The normalized spacial score (nSPS) is 19.3. The molecule has 1 saturated heterocycles. The maximum atomic E-state index is 5.95. The van der Waals surface area contributed by atoms with E-state index < -0.39 is 0 Å². The van der Waals surface area contributed by atoms with Gasteiger partial charge in [-0.15, -0.1) is 0 Å². The molecule has 3 N–H and O–H groups in total. The van der Waals surface area contributed by atoms with Crippen molar-refractivity contribution in [3.05, 3.63) is 29.7 Å². The number of ether oxygens (including phenoxy) is 1. The maximum Gasteiger partial charge on any atom is 0.192 e. The summed E-state index contributed by atoms with van der Waals surface area (Å²) in [4.78, 5) is 4.39. The Morgan fingerprint density at radius 3 is 2.84 bits per heavy atom. The molecule has 1 aromatic carbocycles. The summed E-state index contributed by atoms with van der Waals surface area (Å²) >= 11 is 0. The van der Waals surface area contributed by atoms with Gasteiger partial charge >= 0.3 is 0 Å².